The van der Waals surface area contributed by atoms with Gasteiger partial charge in [-0.25, -0.2) is 8.42 Å². The number of hydrogen-bond donors (Lipinski definition) is 1. The highest BCUT2D eigenvalue weighted by molar-refractivity contribution is 7.92. The number of anilines is 1. The first-order valence-corrected chi connectivity index (χ1v) is 14.9. The standard InChI is InChI=1S/C31H39N3O4S/c1-22(2)32-31(36)29(19-26-12-8-7-9-13-26)33(20-27-14-10-11-23(3)17-27)30(35)21-34(39(6,37)38)28-18-24(4)15-16-25(28)5/h7-18,22,29H,19-21H2,1-6H3,(H,32,36)/t29-/m0/s1. The first kappa shape index (κ1) is 29.9. The highest BCUT2D eigenvalue weighted by atomic mass is 32.2. The molecule has 39 heavy (non-hydrogen) atoms. The molecule has 0 aliphatic heterocycles. The van der Waals surface area contributed by atoms with Crippen LogP contribution in [-0.4, -0.2) is 50.0 Å². The molecule has 3 aromatic rings. The van der Waals surface area contributed by atoms with E-state index in [-0.39, 0.29) is 18.5 Å². The van der Waals surface area contributed by atoms with Gasteiger partial charge in [0, 0.05) is 19.0 Å². The Morgan fingerprint density at radius 3 is 2.10 bits per heavy atom. The Labute approximate surface area is 232 Å². The molecule has 0 aromatic heterocycles. The lowest BCUT2D eigenvalue weighted by Crippen LogP contribution is -2.54. The van der Waals surface area contributed by atoms with Gasteiger partial charge in [-0.1, -0.05) is 72.3 Å². The smallest absolute Gasteiger partial charge is 0.244 e. The highest BCUT2D eigenvalue weighted by Crippen LogP contribution is 2.25. The molecule has 208 valence electrons. The second kappa shape index (κ2) is 12.9. The summed E-state index contributed by atoms with van der Waals surface area (Å²) in [5, 5.41) is 2.96. The third-order valence-electron chi connectivity index (χ3n) is 6.45. The highest BCUT2D eigenvalue weighted by Gasteiger charge is 2.33. The Morgan fingerprint density at radius 2 is 1.49 bits per heavy atom. The minimum atomic E-state index is -3.80. The average Bonchev–Trinajstić information content (AvgIpc) is 2.85. The SMILES string of the molecule is Cc1cccc(CN(C(=O)CN(c2cc(C)ccc2C)S(C)(=O)=O)[C@@H](Cc2ccccc2)C(=O)NC(C)C)c1. The molecule has 3 rings (SSSR count). The molecule has 0 unspecified atom stereocenters. The molecule has 3 aromatic carbocycles. The van der Waals surface area contributed by atoms with Crippen molar-refractivity contribution in [2.75, 3.05) is 17.1 Å². The van der Waals surface area contributed by atoms with Gasteiger partial charge in [-0.3, -0.25) is 13.9 Å². The van der Waals surface area contributed by atoms with E-state index in [9.17, 15) is 18.0 Å². The first-order valence-electron chi connectivity index (χ1n) is 13.1. The first-order chi connectivity index (χ1) is 18.3. The number of aryl methyl sites for hydroxylation is 3. The van der Waals surface area contributed by atoms with Gasteiger partial charge in [0.2, 0.25) is 21.8 Å². The van der Waals surface area contributed by atoms with Gasteiger partial charge in [-0.15, -0.1) is 0 Å². The van der Waals surface area contributed by atoms with Crippen LogP contribution in [0.1, 0.15) is 41.7 Å². The number of hydrogen-bond acceptors (Lipinski definition) is 4. The Bertz CT molecular complexity index is 1400. The van der Waals surface area contributed by atoms with Gasteiger partial charge in [-0.05, 0) is 62.9 Å². The molecule has 8 heteroatoms. The van der Waals surface area contributed by atoms with Gasteiger partial charge in [-0.2, -0.15) is 0 Å². The van der Waals surface area contributed by atoms with Crippen molar-refractivity contribution in [3.05, 3.63) is 101 Å². The van der Waals surface area contributed by atoms with E-state index in [0.717, 1.165) is 38.4 Å². The zero-order chi connectivity index (χ0) is 28.7. The predicted molar refractivity (Wildman–Crippen MR) is 157 cm³/mol. The topological polar surface area (TPSA) is 86.8 Å². The number of carbonyl (C=O) groups is 2. The van der Waals surface area contributed by atoms with Crippen LogP contribution in [0.5, 0.6) is 0 Å². The molecular formula is C31H39N3O4S. The summed E-state index contributed by atoms with van der Waals surface area (Å²) in [5.41, 5.74) is 4.86. The Balaban J connectivity index is 2.08. The normalized spacial score (nSPS) is 12.2. The van der Waals surface area contributed by atoms with Crippen LogP contribution in [0.4, 0.5) is 5.69 Å². The summed E-state index contributed by atoms with van der Waals surface area (Å²) in [6.07, 6.45) is 1.39. The summed E-state index contributed by atoms with van der Waals surface area (Å²) in [5.74, 6) is -0.741. The third kappa shape index (κ3) is 8.42. The molecule has 0 saturated heterocycles. The van der Waals surface area contributed by atoms with E-state index in [0.29, 0.717) is 12.1 Å². The van der Waals surface area contributed by atoms with Gasteiger partial charge in [0.25, 0.3) is 0 Å². The summed E-state index contributed by atoms with van der Waals surface area (Å²) >= 11 is 0. The maximum atomic E-state index is 14.1. The van der Waals surface area contributed by atoms with E-state index in [1.54, 1.807) is 6.07 Å². The molecule has 0 heterocycles. The van der Waals surface area contributed by atoms with Crippen LogP contribution < -0.4 is 9.62 Å². The van der Waals surface area contributed by atoms with Crippen molar-refractivity contribution in [1.29, 1.82) is 0 Å². The molecule has 0 radical (unpaired) electrons. The summed E-state index contributed by atoms with van der Waals surface area (Å²) < 4.78 is 27.1. The fourth-order valence-electron chi connectivity index (χ4n) is 4.52. The number of nitrogens with zero attached hydrogens (tertiary/aromatic N) is 2. The van der Waals surface area contributed by atoms with Crippen LogP contribution in [-0.2, 0) is 32.6 Å². The van der Waals surface area contributed by atoms with E-state index in [1.807, 2.05) is 101 Å². The molecule has 1 atom stereocenters. The molecule has 0 aliphatic rings. The number of rotatable bonds is 11. The van der Waals surface area contributed by atoms with Crippen LogP contribution >= 0.6 is 0 Å². The monoisotopic (exact) mass is 549 g/mol. The van der Waals surface area contributed by atoms with E-state index in [1.165, 1.54) is 4.90 Å². The fourth-order valence-corrected chi connectivity index (χ4v) is 5.42. The largest absolute Gasteiger partial charge is 0.352 e. The van der Waals surface area contributed by atoms with Crippen molar-refractivity contribution in [2.24, 2.45) is 0 Å². The molecule has 0 saturated carbocycles. The molecule has 0 spiro atoms. The Hall–Kier alpha value is -3.65. The molecule has 1 N–H and O–H groups in total. The number of amides is 2. The van der Waals surface area contributed by atoms with E-state index >= 15 is 0 Å². The van der Waals surface area contributed by atoms with Crippen molar-refractivity contribution < 1.29 is 18.0 Å². The predicted octanol–water partition coefficient (Wildman–Crippen LogP) is 4.54. The zero-order valence-corrected chi connectivity index (χ0v) is 24.5. The van der Waals surface area contributed by atoms with E-state index < -0.39 is 28.5 Å². The lowest BCUT2D eigenvalue weighted by Gasteiger charge is -2.34. The summed E-state index contributed by atoms with van der Waals surface area (Å²) in [6, 6.07) is 21.8. The second-order valence-corrected chi connectivity index (χ2v) is 12.3. The summed E-state index contributed by atoms with van der Waals surface area (Å²) in [6.45, 7) is 9.14. The maximum Gasteiger partial charge on any atom is 0.244 e. The van der Waals surface area contributed by atoms with Gasteiger partial charge in [0.05, 0.1) is 11.9 Å². The van der Waals surface area contributed by atoms with Crippen LogP contribution in [0.25, 0.3) is 0 Å². The van der Waals surface area contributed by atoms with Crippen LogP contribution in [0.2, 0.25) is 0 Å². The zero-order valence-electron chi connectivity index (χ0n) is 23.6. The third-order valence-corrected chi connectivity index (χ3v) is 7.58. The summed E-state index contributed by atoms with van der Waals surface area (Å²) in [7, 11) is -3.80. The number of nitrogens with one attached hydrogen (secondary N) is 1. The molecule has 2 amide bonds. The fraction of sp³-hybridized carbons (Fsp3) is 0.355. The van der Waals surface area contributed by atoms with Crippen molar-refractivity contribution in [1.82, 2.24) is 10.2 Å². The number of benzene rings is 3. The van der Waals surface area contributed by atoms with E-state index in [4.69, 9.17) is 0 Å². The lowest BCUT2D eigenvalue weighted by atomic mass is 10.0. The maximum absolute atomic E-state index is 14.1. The molecule has 7 nitrogen and oxygen atoms in total. The lowest BCUT2D eigenvalue weighted by molar-refractivity contribution is -0.140. The number of sulfonamides is 1. The van der Waals surface area contributed by atoms with Gasteiger partial charge in [0.15, 0.2) is 0 Å². The second-order valence-electron chi connectivity index (χ2n) is 10.4. The van der Waals surface area contributed by atoms with Crippen molar-refractivity contribution in [2.45, 2.75) is 59.7 Å². The van der Waals surface area contributed by atoms with Crippen LogP contribution in [0.15, 0.2) is 72.8 Å². The van der Waals surface area contributed by atoms with Crippen molar-refractivity contribution in [3.8, 4) is 0 Å². The Morgan fingerprint density at radius 1 is 0.846 bits per heavy atom. The van der Waals surface area contributed by atoms with E-state index in [2.05, 4.69) is 5.32 Å². The van der Waals surface area contributed by atoms with Crippen molar-refractivity contribution >= 4 is 27.5 Å². The molecular weight excluding hydrogens is 510 g/mol. The summed E-state index contributed by atoms with van der Waals surface area (Å²) in [4.78, 5) is 29.2. The average molecular weight is 550 g/mol. The van der Waals surface area contributed by atoms with Gasteiger partial charge >= 0.3 is 0 Å². The van der Waals surface area contributed by atoms with Crippen LogP contribution in [0, 0.1) is 20.8 Å². The van der Waals surface area contributed by atoms with Crippen LogP contribution in [0.3, 0.4) is 0 Å². The molecule has 0 bridgehead atoms. The minimum Gasteiger partial charge on any atom is -0.352 e. The minimum absolute atomic E-state index is 0.130. The molecule has 0 fully saturated rings. The van der Waals surface area contributed by atoms with Crippen molar-refractivity contribution in [3.63, 3.8) is 0 Å². The quantitative estimate of drug-likeness (QED) is 0.380. The number of carbonyl (C=O) groups excluding carboxylic acids is 2. The van der Waals surface area contributed by atoms with Gasteiger partial charge in [0.1, 0.15) is 12.6 Å². The van der Waals surface area contributed by atoms with Gasteiger partial charge < -0.3 is 10.2 Å². The Kier molecular flexibility index (Phi) is 9.92. The molecule has 0 aliphatic carbocycles.